The zero-order valence-electron chi connectivity index (χ0n) is 17.9. The van der Waals surface area contributed by atoms with Gasteiger partial charge in [-0.2, -0.15) is 0 Å². The number of aliphatic hydroxyl groups is 3. The number of piperidine rings is 1. The van der Waals surface area contributed by atoms with Crippen LogP contribution >= 0.6 is 0 Å². The van der Waals surface area contributed by atoms with Crippen molar-refractivity contribution in [3.05, 3.63) is 23.8 Å². The molecule has 5 fully saturated rings. The van der Waals surface area contributed by atoms with E-state index in [1.54, 1.807) is 6.92 Å². The summed E-state index contributed by atoms with van der Waals surface area (Å²) < 4.78 is 5.53. The number of esters is 1. The van der Waals surface area contributed by atoms with Gasteiger partial charge in [0.1, 0.15) is 17.6 Å². The van der Waals surface area contributed by atoms with E-state index in [1.807, 2.05) is 11.0 Å². The van der Waals surface area contributed by atoms with Crippen LogP contribution in [0.5, 0.6) is 0 Å². The Balaban J connectivity index is 1.50. The number of carbonyl (C=O) groups excluding carboxylic acids is 2. The lowest BCUT2D eigenvalue weighted by Crippen LogP contribution is -2.54. The van der Waals surface area contributed by atoms with Gasteiger partial charge < -0.3 is 25.0 Å². The van der Waals surface area contributed by atoms with Gasteiger partial charge in [0.2, 0.25) is 5.91 Å². The summed E-state index contributed by atoms with van der Waals surface area (Å²) in [6.45, 7) is 6.91. The summed E-state index contributed by atoms with van der Waals surface area (Å²) in [5.41, 5.74) is -0.754. The van der Waals surface area contributed by atoms with Crippen molar-refractivity contribution in [2.24, 2.45) is 28.6 Å². The summed E-state index contributed by atoms with van der Waals surface area (Å²) in [6, 6.07) is 0. The third kappa shape index (κ3) is 2.25. The fraction of sp³-hybridized carbons (Fsp3) is 0.750. The summed E-state index contributed by atoms with van der Waals surface area (Å²) in [7, 11) is 0. The number of allylic oxidation sites excluding steroid dienone is 1. The highest BCUT2D eigenvalue weighted by Gasteiger charge is 2.75. The maximum absolute atomic E-state index is 14.1. The van der Waals surface area contributed by atoms with Crippen molar-refractivity contribution in [2.75, 3.05) is 13.1 Å². The van der Waals surface area contributed by atoms with E-state index in [0.29, 0.717) is 45.2 Å². The molecule has 1 amide bonds. The van der Waals surface area contributed by atoms with Crippen LogP contribution in [-0.2, 0) is 14.3 Å². The first-order valence-electron chi connectivity index (χ1n) is 11.6. The number of aliphatic hydroxyl groups excluding tert-OH is 2. The van der Waals surface area contributed by atoms with Crippen molar-refractivity contribution in [1.29, 1.82) is 0 Å². The van der Waals surface area contributed by atoms with Gasteiger partial charge in [0, 0.05) is 19.0 Å². The maximum Gasteiger partial charge on any atom is 0.315 e. The number of nitrogens with zero attached hydrogens (tertiary/aromatic N) is 1. The van der Waals surface area contributed by atoms with Gasteiger partial charge in [0.25, 0.3) is 0 Å². The second-order valence-corrected chi connectivity index (χ2v) is 11.1. The molecule has 8 atom stereocenters. The molecule has 0 radical (unpaired) electrons. The van der Waals surface area contributed by atoms with Crippen LogP contribution in [0.3, 0.4) is 0 Å². The molecule has 1 spiro atoms. The first kappa shape index (κ1) is 19.9. The smallest absolute Gasteiger partial charge is 0.315 e. The average molecular weight is 430 g/mol. The topological polar surface area (TPSA) is 107 Å². The average Bonchev–Trinajstić information content (AvgIpc) is 3.16. The summed E-state index contributed by atoms with van der Waals surface area (Å²) in [4.78, 5) is 28.9. The molecule has 2 aliphatic heterocycles. The molecule has 4 bridgehead atoms. The number of rotatable bonds is 1. The largest absolute Gasteiger partial charge is 0.455 e. The Bertz CT molecular complexity index is 921. The minimum absolute atomic E-state index is 0.0178. The Hall–Kier alpha value is -1.70. The van der Waals surface area contributed by atoms with Crippen molar-refractivity contribution < 1.29 is 29.6 Å². The van der Waals surface area contributed by atoms with E-state index >= 15 is 0 Å². The Labute approximate surface area is 181 Å². The first-order chi connectivity index (χ1) is 14.6. The second-order valence-electron chi connectivity index (χ2n) is 11.1. The van der Waals surface area contributed by atoms with E-state index < -0.39 is 46.4 Å². The minimum atomic E-state index is -1.17. The number of likely N-dealkylation sites (tertiary alicyclic amines) is 1. The molecule has 31 heavy (non-hydrogen) atoms. The normalized spacial score (nSPS) is 50.8. The number of amides is 1. The third-order valence-electron chi connectivity index (χ3n) is 9.73. The summed E-state index contributed by atoms with van der Waals surface area (Å²) in [5.74, 6) is -1.33. The quantitative estimate of drug-likeness (QED) is 0.423. The fourth-order valence-corrected chi connectivity index (χ4v) is 8.14. The van der Waals surface area contributed by atoms with E-state index in [4.69, 9.17) is 4.74 Å². The minimum Gasteiger partial charge on any atom is -0.455 e. The lowest BCUT2D eigenvalue weighted by Gasteiger charge is -2.45. The number of ether oxygens (including phenoxy) is 1. The van der Waals surface area contributed by atoms with Gasteiger partial charge >= 0.3 is 5.97 Å². The van der Waals surface area contributed by atoms with E-state index in [-0.39, 0.29) is 17.9 Å². The summed E-state index contributed by atoms with van der Waals surface area (Å²) in [5, 5.41) is 32.2. The van der Waals surface area contributed by atoms with Crippen molar-refractivity contribution in [2.45, 2.75) is 69.4 Å². The van der Waals surface area contributed by atoms with Crippen LogP contribution in [0.1, 0.15) is 45.4 Å². The van der Waals surface area contributed by atoms with Gasteiger partial charge in [-0.3, -0.25) is 9.59 Å². The van der Waals surface area contributed by atoms with Crippen LogP contribution in [-0.4, -0.2) is 69.1 Å². The molecule has 3 N–H and O–H groups in total. The fourth-order valence-electron chi connectivity index (χ4n) is 8.14. The molecule has 4 aliphatic carbocycles. The molecule has 2 heterocycles. The molecule has 0 unspecified atom stereocenters. The Morgan fingerprint density at radius 1 is 1.26 bits per heavy atom. The molecular weight excluding hydrogens is 398 g/mol. The highest BCUT2D eigenvalue weighted by molar-refractivity contribution is 5.88. The van der Waals surface area contributed by atoms with Crippen LogP contribution in [0.15, 0.2) is 23.8 Å². The van der Waals surface area contributed by atoms with Gasteiger partial charge in [-0.15, -0.1) is 0 Å². The zero-order valence-corrected chi connectivity index (χ0v) is 17.9. The molecule has 7 nitrogen and oxygen atoms in total. The summed E-state index contributed by atoms with van der Waals surface area (Å²) >= 11 is 0. The van der Waals surface area contributed by atoms with E-state index in [9.17, 15) is 24.9 Å². The zero-order chi connectivity index (χ0) is 21.9. The van der Waals surface area contributed by atoms with Crippen molar-refractivity contribution in [1.82, 2.24) is 4.90 Å². The molecule has 0 aromatic heterocycles. The van der Waals surface area contributed by atoms with Crippen LogP contribution in [0.2, 0.25) is 0 Å². The first-order valence-corrected chi connectivity index (χ1v) is 11.6. The van der Waals surface area contributed by atoms with Crippen LogP contribution in [0.4, 0.5) is 0 Å². The molecule has 6 rings (SSSR count). The lowest BCUT2D eigenvalue weighted by molar-refractivity contribution is -0.155. The van der Waals surface area contributed by atoms with E-state index in [0.717, 1.165) is 17.6 Å². The Morgan fingerprint density at radius 2 is 1.97 bits per heavy atom. The molecule has 7 heteroatoms. The second kappa shape index (κ2) is 6.00. The number of hydrogen-bond acceptors (Lipinski definition) is 6. The van der Waals surface area contributed by atoms with Crippen molar-refractivity contribution in [3.63, 3.8) is 0 Å². The predicted octanol–water partition coefficient (Wildman–Crippen LogP) is 0.926. The van der Waals surface area contributed by atoms with Crippen molar-refractivity contribution in [3.8, 4) is 0 Å². The SMILES string of the molecule is C=C1C[C@]23C[C@@]1(O)CC[C@H]2C1=C[C@@H]2OC(=O)[C@@](C)([C@H]1[C@@H]3C(=O)N1CCC(O)CC1)[C@H]2O. The molecule has 168 valence electrons. The highest BCUT2D eigenvalue weighted by Crippen LogP contribution is 2.74. The predicted molar refractivity (Wildman–Crippen MR) is 109 cm³/mol. The highest BCUT2D eigenvalue weighted by atomic mass is 16.6. The van der Waals surface area contributed by atoms with Crippen LogP contribution < -0.4 is 0 Å². The van der Waals surface area contributed by atoms with Crippen LogP contribution in [0, 0.1) is 28.6 Å². The molecule has 3 saturated carbocycles. The monoisotopic (exact) mass is 429 g/mol. The number of hydrogen-bond donors (Lipinski definition) is 3. The van der Waals surface area contributed by atoms with Gasteiger partial charge in [0.15, 0.2) is 0 Å². The molecule has 0 aromatic rings. The lowest BCUT2D eigenvalue weighted by atomic mass is 9.60. The van der Waals surface area contributed by atoms with E-state index in [1.165, 1.54) is 0 Å². The van der Waals surface area contributed by atoms with Crippen LogP contribution in [0.25, 0.3) is 0 Å². The van der Waals surface area contributed by atoms with E-state index in [2.05, 4.69) is 6.58 Å². The van der Waals surface area contributed by atoms with Gasteiger partial charge in [-0.25, -0.2) is 0 Å². The Kier molecular flexibility index (Phi) is 3.86. The standard InChI is InChI=1S/C24H31NO6/c1-12-10-23-11-24(12,30)6-3-15(23)14-9-16-19(27)22(2,21(29)31-16)17(14)18(23)20(28)25-7-4-13(26)5-8-25/h9,13,15-19,26-27,30H,1,3-8,10-11H2,2H3/t15-,16-,17+,18+,19-,22-,23-,24-/m0/s1. The Morgan fingerprint density at radius 3 is 2.68 bits per heavy atom. The molecule has 0 aromatic carbocycles. The maximum atomic E-state index is 14.1. The third-order valence-corrected chi connectivity index (χ3v) is 9.73. The number of fused-ring (bicyclic) bond motifs is 6. The number of carbonyl (C=O) groups is 2. The van der Waals surface area contributed by atoms with Gasteiger partial charge in [-0.05, 0) is 68.4 Å². The van der Waals surface area contributed by atoms with Crippen molar-refractivity contribution >= 4 is 11.9 Å². The molecule has 2 saturated heterocycles. The molecular formula is C24H31NO6. The van der Waals surface area contributed by atoms with Gasteiger partial charge in [0.05, 0.1) is 17.6 Å². The molecule has 6 aliphatic rings. The van der Waals surface area contributed by atoms with Gasteiger partial charge in [-0.1, -0.05) is 12.2 Å². The summed E-state index contributed by atoms with van der Waals surface area (Å²) in [6.07, 6.45) is 3.37.